The van der Waals surface area contributed by atoms with Gasteiger partial charge in [0.25, 0.3) is 0 Å². The highest BCUT2D eigenvalue weighted by Crippen LogP contribution is 2.02. The lowest BCUT2D eigenvalue weighted by Gasteiger charge is -2.15. The summed E-state index contributed by atoms with van der Waals surface area (Å²) in [5.74, 6) is 0. The highest BCUT2D eigenvalue weighted by atomic mass is 16.5. The minimum atomic E-state index is -0.319. The van der Waals surface area contributed by atoms with Crippen molar-refractivity contribution in [3.8, 4) is 0 Å². The Morgan fingerprint density at radius 2 is 2.27 bits per heavy atom. The van der Waals surface area contributed by atoms with E-state index in [1.165, 1.54) is 4.90 Å². The van der Waals surface area contributed by atoms with Crippen molar-refractivity contribution < 1.29 is 9.53 Å². The van der Waals surface area contributed by atoms with Gasteiger partial charge in [-0.3, -0.25) is 4.98 Å². The SMILES string of the molecule is CCOC(=O)N(C)Cc1cccc(C)n1. The van der Waals surface area contributed by atoms with Gasteiger partial charge in [-0.15, -0.1) is 0 Å². The van der Waals surface area contributed by atoms with Crippen LogP contribution in [0.15, 0.2) is 18.2 Å². The summed E-state index contributed by atoms with van der Waals surface area (Å²) in [6.07, 6.45) is -0.319. The monoisotopic (exact) mass is 208 g/mol. The van der Waals surface area contributed by atoms with Crippen LogP contribution in [0.4, 0.5) is 4.79 Å². The predicted molar refractivity (Wildman–Crippen MR) is 57.5 cm³/mol. The van der Waals surface area contributed by atoms with Gasteiger partial charge in [-0.25, -0.2) is 4.79 Å². The van der Waals surface area contributed by atoms with Crippen LogP contribution in [0, 0.1) is 6.92 Å². The first-order valence-corrected chi connectivity index (χ1v) is 4.94. The van der Waals surface area contributed by atoms with Crippen molar-refractivity contribution >= 4 is 6.09 Å². The zero-order valence-corrected chi connectivity index (χ0v) is 9.36. The second-order valence-corrected chi connectivity index (χ2v) is 3.33. The van der Waals surface area contributed by atoms with Crippen molar-refractivity contribution in [3.05, 3.63) is 29.6 Å². The Morgan fingerprint density at radius 3 is 2.87 bits per heavy atom. The molecule has 0 N–H and O–H groups in total. The number of aryl methyl sites for hydroxylation is 1. The lowest BCUT2D eigenvalue weighted by molar-refractivity contribution is 0.113. The maximum absolute atomic E-state index is 11.3. The summed E-state index contributed by atoms with van der Waals surface area (Å²) in [4.78, 5) is 17.1. The third-order valence-electron chi connectivity index (χ3n) is 1.92. The topological polar surface area (TPSA) is 42.4 Å². The van der Waals surface area contributed by atoms with Crippen molar-refractivity contribution in [2.24, 2.45) is 0 Å². The van der Waals surface area contributed by atoms with Gasteiger partial charge in [-0.05, 0) is 26.0 Å². The Morgan fingerprint density at radius 1 is 1.53 bits per heavy atom. The average Bonchev–Trinajstić information content (AvgIpc) is 2.18. The zero-order valence-electron chi connectivity index (χ0n) is 9.36. The maximum Gasteiger partial charge on any atom is 0.409 e. The van der Waals surface area contributed by atoms with E-state index < -0.39 is 0 Å². The minimum absolute atomic E-state index is 0.319. The summed E-state index contributed by atoms with van der Waals surface area (Å²) in [6.45, 7) is 4.58. The van der Waals surface area contributed by atoms with Crippen molar-refractivity contribution in [2.45, 2.75) is 20.4 Å². The molecule has 0 aromatic carbocycles. The molecule has 0 saturated carbocycles. The fraction of sp³-hybridized carbons (Fsp3) is 0.455. The molecule has 1 aromatic rings. The molecule has 4 nitrogen and oxygen atoms in total. The van der Waals surface area contributed by atoms with Gasteiger partial charge in [0.2, 0.25) is 0 Å². The molecule has 0 aliphatic rings. The van der Waals surface area contributed by atoms with Gasteiger partial charge in [0, 0.05) is 12.7 Å². The highest BCUT2D eigenvalue weighted by molar-refractivity contribution is 5.67. The Labute approximate surface area is 89.9 Å². The second-order valence-electron chi connectivity index (χ2n) is 3.33. The van der Waals surface area contributed by atoms with E-state index >= 15 is 0 Å². The van der Waals surface area contributed by atoms with Crippen LogP contribution in [-0.2, 0) is 11.3 Å². The molecule has 1 rings (SSSR count). The maximum atomic E-state index is 11.3. The minimum Gasteiger partial charge on any atom is -0.450 e. The van der Waals surface area contributed by atoms with Crippen LogP contribution in [0.25, 0.3) is 0 Å². The van der Waals surface area contributed by atoms with Gasteiger partial charge in [0.15, 0.2) is 0 Å². The number of nitrogens with zero attached hydrogens (tertiary/aromatic N) is 2. The van der Waals surface area contributed by atoms with Crippen molar-refractivity contribution in [1.29, 1.82) is 0 Å². The van der Waals surface area contributed by atoms with E-state index in [4.69, 9.17) is 4.74 Å². The summed E-state index contributed by atoms with van der Waals surface area (Å²) < 4.78 is 4.87. The predicted octanol–water partition coefficient (Wildman–Crippen LogP) is 1.98. The molecule has 1 heterocycles. The molecular formula is C11H16N2O2. The third kappa shape index (κ3) is 3.58. The lowest BCUT2D eigenvalue weighted by Crippen LogP contribution is -2.27. The molecule has 0 spiro atoms. The molecule has 15 heavy (non-hydrogen) atoms. The largest absolute Gasteiger partial charge is 0.450 e. The molecule has 1 amide bonds. The molecular weight excluding hydrogens is 192 g/mol. The first-order chi connectivity index (χ1) is 7.13. The van der Waals surface area contributed by atoms with Crippen LogP contribution >= 0.6 is 0 Å². The van der Waals surface area contributed by atoms with Gasteiger partial charge in [0.1, 0.15) is 0 Å². The number of carbonyl (C=O) groups excluding carboxylic acids is 1. The quantitative estimate of drug-likeness (QED) is 0.762. The van der Waals surface area contributed by atoms with Crippen LogP contribution in [0.3, 0.4) is 0 Å². The number of ether oxygens (including phenoxy) is 1. The second kappa shape index (κ2) is 5.34. The molecule has 0 atom stereocenters. The van der Waals surface area contributed by atoms with Gasteiger partial charge >= 0.3 is 6.09 Å². The molecule has 0 saturated heterocycles. The molecule has 0 bridgehead atoms. The van der Waals surface area contributed by atoms with Crippen LogP contribution in [-0.4, -0.2) is 29.6 Å². The molecule has 0 aliphatic carbocycles. The molecule has 82 valence electrons. The van der Waals surface area contributed by atoms with E-state index in [0.29, 0.717) is 13.2 Å². The number of amides is 1. The Bertz CT molecular complexity index is 339. The number of rotatable bonds is 3. The van der Waals surface area contributed by atoms with Crippen LogP contribution < -0.4 is 0 Å². The van der Waals surface area contributed by atoms with Crippen molar-refractivity contribution in [2.75, 3.05) is 13.7 Å². The Kier molecular flexibility index (Phi) is 4.09. The van der Waals surface area contributed by atoms with Crippen molar-refractivity contribution in [3.63, 3.8) is 0 Å². The fourth-order valence-corrected chi connectivity index (χ4v) is 1.23. The number of aromatic nitrogens is 1. The lowest BCUT2D eigenvalue weighted by atomic mass is 10.3. The van der Waals surface area contributed by atoms with Crippen LogP contribution in [0.1, 0.15) is 18.3 Å². The van der Waals surface area contributed by atoms with E-state index in [0.717, 1.165) is 11.4 Å². The van der Waals surface area contributed by atoms with E-state index in [9.17, 15) is 4.79 Å². The Balaban J connectivity index is 2.58. The molecule has 0 unspecified atom stereocenters. The first-order valence-electron chi connectivity index (χ1n) is 4.94. The standard InChI is InChI=1S/C11H16N2O2/c1-4-15-11(14)13(3)8-10-7-5-6-9(2)12-10/h5-7H,4,8H2,1-3H3. The number of pyridine rings is 1. The van der Waals surface area contributed by atoms with Gasteiger partial charge in [0.05, 0.1) is 18.8 Å². The molecule has 0 fully saturated rings. The van der Waals surface area contributed by atoms with E-state index in [1.54, 1.807) is 14.0 Å². The normalized spacial score (nSPS) is 9.80. The molecule has 4 heteroatoms. The number of hydrogen-bond donors (Lipinski definition) is 0. The summed E-state index contributed by atoms with van der Waals surface area (Å²) in [7, 11) is 1.70. The van der Waals surface area contributed by atoms with Crippen LogP contribution in [0.5, 0.6) is 0 Å². The summed E-state index contributed by atoms with van der Waals surface area (Å²) in [6, 6.07) is 5.74. The smallest absolute Gasteiger partial charge is 0.409 e. The summed E-state index contributed by atoms with van der Waals surface area (Å²) in [5.41, 5.74) is 1.82. The average molecular weight is 208 g/mol. The Hall–Kier alpha value is -1.58. The first kappa shape index (κ1) is 11.5. The van der Waals surface area contributed by atoms with Gasteiger partial charge < -0.3 is 9.64 Å². The van der Waals surface area contributed by atoms with E-state index in [2.05, 4.69) is 4.98 Å². The van der Waals surface area contributed by atoms with E-state index in [-0.39, 0.29) is 6.09 Å². The van der Waals surface area contributed by atoms with E-state index in [1.807, 2.05) is 25.1 Å². The molecule has 0 aliphatic heterocycles. The number of carbonyl (C=O) groups is 1. The van der Waals surface area contributed by atoms with Gasteiger partial charge in [-0.1, -0.05) is 6.07 Å². The summed E-state index contributed by atoms with van der Waals surface area (Å²) >= 11 is 0. The zero-order chi connectivity index (χ0) is 11.3. The fourth-order valence-electron chi connectivity index (χ4n) is 1.23. The molecule has 0 radical (unpaired) electrons. The van der Waals surface area contributed by atoms with Gasteiger partial charge in [-0.2, -0.15) is 0 Å². The highest BCUT2D eigenvalue weighted by Gasteiger charge is 2.09. The number of hydrogen-bond acceptors (Lipinski definition) is 3. The van der Waals surface area contributed by atoms with Crippen LogP contribution in [0.2, 0.25) is 0 Å². The van der Waals surface area contributed by atoms with Crippen molar-refractivity contribution in [1.82, 2.24) is 9.88 Å². The molecule has 1 aromatic heterocycles. The summed E-state index contributed by atoms with van der Waals surface area (Å²) in [5, 5.41) is 0. The third-order valence-corrected chi connectivity index (χ3v) is 1.92.